The number of fused-ring (bicyclic) bond motifs is 3. The Morgan fingerprint density at radius 3 is 2.74 bits per heavy atom. The van der Waals surface area contributed by atoms with Crippen molar-refractivity contribution >= 4 is 34.7 Å². The summed E-state index contributed by atoms with van der Waals surface area (Å²) in [4.78, 5) is 24.3. The number of aromatic nitrogens is 2. The van der Waals surface area contributed by atoms with Crippen LogP contribution in [0.1, 0.15) is 68.3 Å². The molecule has 1 aromatic rings. The summed E-state index contributed by atoms with van der Waals surface area (Å²) >= 11 is 11.8. The third-order valence-corrected chi connectivity index (χ3v) is 5.48. The van der Waals surface area contributed by atoms with Gasteiger partial charge in [0.05, 0.1) is 17.0 Å². The Hall–Kier alpha value is -1.14. The second kappa shape index (κ2) is 6.77. The highest BCUT2D eigenvalue weighted by Gasteiger charge is 2.37. The van der Waals surface area contributed by atoms with Crippen molar-refractivity contribution in [2.75, 3.05) is 18.5 Å². The van der Waals surface area contributed by atoms with Gasteiger partial charge in [-0.15, -0.1) is 11.6 Å². The molecular weight excluding hydrogens is 332 g/mol. The van der Waals surface area contributed by atoms with Gasteiger partial charge < -0.3 is 14.8 Å². The molecular formula is C16H23ClN4OS. The van der Waals surface area contributed by atoms with Gasteiger partial charge in [0.25, 0.3) is 5.56 Å². The molecule has 2 aliphatic heterocycles. The molecule has 0 aliphatic carbocycles. The Labute approximate surface area is 147 Å². The summed E-state index contributed by atoms with van der Waals surface area (Å²) in [5, 5.41) is 0.421. The molecule has 1 saturated heterocycles. The fraction of sp³-hybridized carbons (Fsp3) is 0.688. The average Bonchev–Trinajstić information content (AvgIpc) is 2.63. The maximum absolute atomic E-state index is 12.7. The van der Waals surface area contributed by atoms with E-state index in [0.717, 1.165) is 36.5 Å². The summed E-state index contributed by atoms with van der Waals surface area (Å²) in [5.74, 6) is 1.17. The lowest BCUT2D eigenvalue weighted by Gasteiger charge is -2.42. The Morgan fingerprint density at radius 1 is 1.30 bits per heavy atom. The Morgan fingerprint density at radius 2 is 2.00 bits per heavy atom. The SMILES string of the molecule is CC(Cl)c1nc2c(c(=O)[nH]1)C1CCCCCCCN1C(=S)N2C. The van der Waals surface area contributed by atoms with Crippen LogP contribution in [-0.2, 0) is 0 Å². The average molecular weight is 355 g/mol. The molecule has 126 valence electrons. The number of thiocarbonyl (C=S) groups is 1. The van der Waals surface area contributed by atoms with Crippen LogP contribution in [0, 0.1) is 0 Å². The third kappa shape index (κ3) is 3.11. The largest absolute Gasteiger partial charge is 0.341 e. The molecule has 1 N–H and O–H groups in total. The first-order valence-electron chi connectivity index (χ1n) is 8.33. The Kier molecular flexibility index (Phi) is 4.92. The van der Waals surface area contributed by atoms with Crippen LogP contribution in [0.25, 0.3) is 0 Å². The minimum absolute atomic E-state index is 0.0303. The van der Waals surface area contributed by atoms with Crippen LogP contribution in [0.15, 0.2) is 4.79 Å². The molecule has 0 amide bonds. The molecule has 5 nitrogen and oxygen atoms in total. The number of hydrogen-bond acceptors (Lipinski definition) is 3. The number of anilines is 1. The number of nitrogens with one attached hydrogen (secondary N) is 1. The number of alkyl halides is 1. The number of nitrogens with zero attached hydrogens (tertiary/aromatic N) is 3. The highest BCUT2D eigenvalue weighted by molar-refractivity contribution is 7.80. The lowest BCUT2D eigenvalue weighted by Crippen LogP contribution is -2.50. The zero-order valence-corrected chi connectivity index (χ0v) is 15.2. The van der Waals surface area contributed by atoms with Gasteiger partial charge in [-0.1, -0.05) is 25.7 Å². The molecule has 0 spiro atoms. The molecule has 2 atom stereocenters. The van der Waals surface area contributed by atoms with E-state index in [0.29, 0.717) is 11.6 Å². The molecule has 2 aliphatic rings. The molecule has 23 heavy (non-hydrogen) atoms. The maximum atomic E-state index is 12.7. The normalized spacial score (nSPS) is 23.4. The first-order chi connectivity index (χ1) is 11.0. The Balaban J connectivity index is 2.11. The van der Waals surface area contributed by atoms with Crippen LogP contribution in [0.4, 0.5) is 5.82 Å². The second-order valence-corrected chi connectivity index (χ2v) is 7.43. The molecule has 1 fully saturated rings. The van der Waals surface area contributed by atoms with Crippen LogP contribution >= 0.6 is 23.8 Å². The highest BCUT2D eigenvalue weighted by atomic mass is 35.5. The monoisotopic (exact) mass is 354 g/mol. The molecule has 7 heteroatoms. The smallest absolute Gasteiger partial charge is 0.258 e. The van der Waals surface area contributed by atoms with Crippen molar-refractivity contribution in [2.45, 2.75) is 56.9 Å². The summed E-state index contributed by atoms with van der Waals surface area (Å²) in [5.41, 5.74) is 0.658. The van der Waals surface area contributed by atoms with E-state index in [2.05, 4.69) is 14.9 Å². The van der Waals surface area contributed by atoms with Gasteiger partial charge in [-0.25, -0.2) is 4.98 Å². The van der Waals surface area contributed by atoms with Crippen LogP contribution in [0.5, 0.6) is 0 Å². The van der Waals surface area contributed by atoms with Crippen molar-refractivity contribution in [3.8, 4) is 0 Å². The summed E-state index contributed by atoms with van der Waals surface area (Å²) < 4.78 is 0. The van der Waals surface area contributed by atoms with Crippen LogP contribution in [0.2, 0.25) is 0 Å². The number of rotatable bonds is 1. The van der Waals surface area contributed by atoms with E-state index in [9.17, 15) is 4.79 Å². The zero-order valence-electron chi connectivity index (χ0n) is 13.6. The van der Waals surface area contributed by atoms with E-state index < -0.39 is 0 Å². The highest BCUT2D eigenvalue weighted by Crippen LogP contribution is 2.37. The number of hydrogen-bond donors (Lipinski definition) is 1. The van der Waals surface area contributed by atoms with Crippen molar-refractivity contribution in [2.24, 2.45) is 0 Å². The van der Waals surface area contributed by atoms with Gasteiger partial charge in [0, 0.05) is 13.6 Å². The molecule has 3 heterocycles. The molecule has 0 bridgehead atoms. The molecule has 0 saturated carbocycles. The van der Waals surface area contributed by atoms with Gasteiger partial charge in [0.1, 0.15) is 11.6 Å². The van der Waals surface area contributed by atoms with E-state index in [1.165, 1.54) is 19.3 Å². The summed E-state index contributed by atoms with van der Waals surface area (Å²) in [6.45, 7) is 2.71. The van der Waals surface area contributed by atoms with E-state index >= 15 is 0 Å². The van der Waals surface area contributed by atoms with Gasteiger partial charge in [-0.3, -0.25) is 4.79 Å². The fourth-order valence-electron chi connectivity index (χ4n) is 3.51. The van der Waals surface area contributed by atoms with Gasteiger partial charge >= 0.3 is 0 Å². The van der Waals surface area contributed by atoms with Crippen molar-refractivity contribution in [3.05, 3.63) is 21.7 Å². The zero-order chi connectivity index (χ0) is 16.6. The summed E-state index contributed by atoms with van der Waals surface area (Å²) in [7, 11) is 1.89. The lowest BCUT2D eigenvalue weighted by atomic mass is 9.98. The van der Waals surface area contributed by atoms with Crippen molar-refractivity contribution in [1.29, 1.82) is 0 Å². The topological polar surface area (TPSA) is 52.2 Å². The standard InChI is InChI=1S/C16H23ClN4OS/c1-10(17)13-18-14-12(15(22)19-13)11-8-6-4-3-5-7-9-21(11)16(23)20(14)2/h10-11H,3-9H2,1-2H3,(H,18,19,22). The third-order valence-electron chi connectivity index (χ3n) is 4.77. The van der Waals surface area contributed by atoms with E-state index in [4.69, 9.17) is 23.8 Å². The number of H-pyrrole nitrogens is 1. The minimum atomic E-state index is -0.339. The van der Waals surface area contributed by atoms with Gasteiger partial charge in [0.2, 0.25) is 0 Å². The fourth-order valence-corrected chi connectivity index (χ4v) is 3.91. The van der Waals surface area contributed by atoms with Crippen LogP contribution in [-0.4, -0.2) is 33.6 Å². The predicted octanol–water partition coefficient (Wildman–Crippen LogP) is 3.50. The van der Waals surface area contributed by atoms with Crippen LogP contribution in [0.3, 0.4) is 0 Å². The van der Waals surface area contributed by atoms with Gasteiger partial charge in [-0.2, -0.15) is 0 Å². The lowest BCUT2D eigenvalue weighted by molar-refractivity contribution is 0.289. The minimum Gasteiger partial charge on any atom is -0.341 e. The Bertz CT molecular complexity index is 660. The predicted molar refractivity (Wildman–Crippen MR) is 97.3 cm³/mol. The van der Waals surface area contributed by atoms with E-state index in [-0.39, 0.29) is 17.0 Å². The maximum Gasteiger partial charge on any atom is 0.258 e. The number of halogens is 1. The van der Waals surface area contributed by atoms with Crippen molar-refractivity contribution in [1.82, 2.24) is 14.9 Å². The molecule has 3 rings (SSSR count). The summed E-state index contributed by atoms with van der Waals surface area (Å²) in [6, 6.07) is 0.0303. The number of aromatic amines is 1. The van der Waals surface area contributed by atoms with E-state index in [1.54, 1.807) is 6.92 Å². The molecule has 0 aromatic carbocycles. The molecule has 2 unspecified atom stereocenters. The van der Waals surface area contributed by atoms with Crippen molar-refractivity contribution in [3.63, 3.8) is 0 Å². The van der Waals surface area contributed by atoms with E-state index in [1.807, 2.05) is 11.9 Å². The first-order valence-corrected chi connectivity index (χ1v) is 9.17. The van der Waals surface area contributed by atoms with Crippen molar-refractivity contribution < 1.29 is 0 Å². The van der Waals surface area contributed by atoms with Gasteiger partial charge in [0.15, 0.2) is 5.11 Å². The van der Waals surface area contributed by atoms with Crippen LogP contribution < -0.4 is 10.5 Å². The molecule has 1 aromatic heterocycles. The first kappa shape index (κ1) is 16.7. The molecule has 0 radical (unpaired) electrons. The van der Waals surface area contributed by atoms with Gasteiger partial charge in [-0.05, 0) is 32.0 Å². The quantitative estimate of drug-likeness (QED) is 0.618. The summed E-state index contributed by atoms with van der Waals surface area (Å²) in [6.07, 6.45) is 6.86. The second-order valence-electron chi connectivity index (χ2n) is 6.41.